The second-order valence-corrected chi connectivity index (χ2v) is 21.2. The topological polar surface area (TPSA) is 6.48 Å². The van der Waals surface area contributed by atoms with Crippen molar-refractivity contribution < 1.29 is 0 Å². The Bertz CT molecular complexity index is 3420. The van der Waals surface area contributed by atoms with Gasteiger partial charge in [-0.25, -0.2) is 0 Å². The van der Waals surface area contributed by atoms with Crippen molar-refractivity contribution in [2.24, 2.45) is 0 Å². The second-order valence-electron chi connectivity index (χ2n) is 20.1. The van der Waals surface area contributed by atoms with Gasteiger partial charge in [0.05, 0.1) is 5.69 Å². The molecular weight excluding hydrogens is 768 g/mol. The van der Waals surface area contributed by atoms with Gasteiger partial charge in [-0.05, 0) is 103 Å². The predicted molar refractivity (Wildman–Crippen MR) is 267 cm³/mol. The largest absolute Gasteiger partial charge is 0.376 e. The summed E-state index contributed by atoms with van der Waals surface area (Å²) in [6, 6.07) is 60.7. The minimum absolute atomic E-state index is 0.0183. The predicted octanol–water partition coefficient (Wildman–Crippen LogP) is 14.7. The van der Waals surface area contributed by atoms with Crippen molar-refractivity contribution in [1.82, 2.24) is 0 Å². The van der Waals surface area contributed by atoms with Gasteiger partial charge in [-0.2, -0.15) is 0 Å². The van der Waals surface area contributed by atoms with Crippen LogP contribution >= 0.6 is 11.3 Å². The summed E-state index contributed by atoms with van der Waals surface area (Å²) in [6.07, 6.45) is 0. The number of anilines is 5. The fourth-order valence-corrected chi connectivity index (χ4v) is 13.1. The number of thiophene rings is 1. The summed E-state index contributed by atoms with van der Waals surface area (Å²) in [6.45, 7) is 16.6. The highest BCUT2D eigenvalue weighted by molar-refractivity contribution is 7.26. The van der Waals surface area contributed by atoms with Crippen LogP contribution in [0, 0.1) is 0 Å². The number of hydrogen-bond acceptors (Lipinski definition) is 3. The van der Waals surface area contributed by atoms with E-state index >= 15 is 0 Å². The zero-order valence-electron chi connectivity index (χ0n) is 36.4. The summed E-state index contributed by atoms with van der Waals surface area (Å²) < 4.78 is 2.66. The van der Waals surface area contributed by atoms with Crippen molar-refractivity contribution in [2.45, 2.75) is 64.7 Å². The van der Waals surface area contributed by atoms with Crippen molar-refractivity contribution in [2.75, 3.05) is 9.71 Å². The normalized spacial score (nSPS) is 15.8. The van der Waals surface area contributed by atoms with E-state index in [0.717, 1.165) is 0 Å². The molecule has 0 fully saturated rings. The van der Waals surface area contributed by atoms with Gasteiger partial charge in [-0.15, -0.1) is 11.3 Å². The number of para-hydroxylation sites is 2. The van der Waals surface area contributed by atoms with Crippen molar-refractivity contribution in [3.05, 3.63) is 186 Å². The van der Waals surface area contributed by atoms with Gasteiger partial charge in [0.15, 0.2) is 0 Å². The molecule has 0 amide bonds. The van der Waals surface area contributed by atoms with Crippen molar-refractivity contribution >= 4 is 77.7 Å². The minimum Gasteiger partial charge on any atom is -0.376 e. The van der Waals surface area contributed by atoms with E-state index in [1.165, 1.54) is 121 Å². The van der Waals surface area contributed by atoms with Crippen LogP contribution in [0.15, 0.2) is 158 Å². The van der Waals surface area contributed by atoms with Gasteiger partial charge in [0.1, 0.15) is 0 Å². The van der Waals surface area contributed by atoms with Gasteiger partial charge in [0.2, 0.25) is 0 Å². The Balaban J connectivity index is 1.24. The average molecular weight is 815 g/mol. The molecule has 13 rings (SSSR count). The third kappa shape index (κ3) is 4.61. The molecule has 4 aliphatic rings. The van der Waals surface area contributed by atoms with Gasteiger partial charge in [-0.3, -0.25) is 0 Å². The van der Waals surface area contributed by atoms with Crippen LogP contribution in [0.5, 0.6) is 0 Å². The number of nitrogens with zero attached hydrogens (tertiary/aromatic N) is 2. The maximum Gasteiger partial charge on any atom is 0.333 e. The summed E-state index contributed by atoms with van der Waals surface area (Å²) in [5.41, 5.74) is 23.5. The molecule has 3 aliphatic heterocycles. The van der Waals surface area contributed by atoms with E-state index in [1.807, 2.05) is 11.3 Å². The Kier molecular flexibility index (Phi) is 7.13. The first-order chi connectivity index (χ1) is 29.9. The van der Waals surface area contributed by atoms with Crippen LogP contribution in [0.25, 0.3) is 53.6 Å². The molecule has 62 heavy (non-hydrogen) atoms. The molecule has 4 heterocycles. The lowest BCUT2D eigenvalue weighted by Gasteiger charge is -2.51. The van der Waals surface area contributed by atoms with Crippen molar-refractivity contribution in [3.63, 3.8) is 0 Å². The smallest absolute Gasteiger partial charge is 0.333 e. The maximum absolute atomic E-state index is 2.76. The second kappa shape index (κ2) is 12.2. The number of fused-ring (bicyclic) bond motifs is 13. The molecule has 0 spiro atoms. The molecule has 0 saturated heterocycles. The molecule has 1 aromatic heterocycles. The van der Waals surface area contributed by atoms with Gasteiger partial charge >= 0.3 is 6.85 Å². The van der Waals surface area contributed by atoms with E-state index in [1.54, 1.807) is 0 Å². The lowest BCUT2D eigenvalue weighted by molar-refractivity contribution is 0.590. The first-order valence-corrected chi connectivity index (χ1v) is 23.0. The van der Waals surface area contributed by atoms with Crippen LogP contribution in [-0.4, -0.2) is 6.85 Å². The average Bonchev–Trinajstić information content (AvgIpc) is 3.76. The third-order valence-corrected chi connectivity index (χ3v) is 16.1. The molecule has 298 valence electrons. The van der Waals surface area contributed by atoms with Crippen LogP contribution in [-0.2, 0) is 16.2 Å². The monoisotopic (exact) mass is 814 g/mol. The SMILES string of the molecule is CC(C)(C)c1ccc(N2c3cc4c(cc3B3c5c2cc2sc6ccccc6c2c5-c2cccc5c2N3c2ccccc2C5(C)C)-c2ccccc2C4(C)C)c(-c2ccccc2)c1. The highest BCUT2D eigenvalue weighted by Crippen LogP contribution is 2.59. The Hall–Kier alpha value is -6.36. The quantitative estimate of drug-likeness (QED) is 0.160. The molecule has 0 saturated carbocycles. The van der Waals surface area contributed by atoms with Gasteiger partial charge in [0, 0.05) is 64.9 Å². The first-order valence-electron chi connectivity index (χ1n) is 22.2. The highest BCUT2D eigenvalue weighted by atomic mass is 32.1. The molecular formula is C58H47BN2S. The van der Waals surface area contributed by atoms with E-state index in [-0.39, 0.29) is 23.1 Å². The summed E-state index contributed by atoms with van der Waals surface area (Å²) in [5, 5.41) is 2.72. The minimum atomic E-state index is -0.187. The van der Waals surface area contributed by atoms with Crippen molar-refractivity contribution in [3.8, 4) is 33.4 Å². The number of hydrogen-bond donors (Lipinski definition) is 0. The summed E-state index contributed by atoms with van der Waals surface area (Å²) in [7, 11) is 0. The Labute approximate surface area is 369 Å². The summed E-state index contributed by atoms with van der Waals surface area (Å²) >= 11 is 1.93. The zero-order valence-corrected chi connectivity index (χ0v) is 37.2. The first kappa shape index (κ1) is 36.3. The highest BCUT2D eigenvalue weighted by Gasteiger charge is 2.52. The van der Waals surface area contributed by atoms with Crippen LogP contribution < -0.4 is 20.6 Å². The van der Waals surface area contributed by atoms with Crippen LogP contribution in [0.3, 0.4) is 0 Å². The lowest BCUT2D eigenvalue weighted by atomic mass is 9.42. The lowest BCUT2D eigenvalue weighted by Crippen LogP contribution is -2.63. The molecule has 9 aromatic rings. The molecule has 0 atom stereocenters. The third-order valence-electron chi connectivity index (χ3n) is 15.0. The molecule has 0 unspecified atom stereocenters. The summed E-state index contributed by atoms with van der Waals surface area (Å²) in [5.74, 6) is 0. The van der Waals surface area contributed by atoms with Crippen LogP contribution in [0.1, 0.15) is 76.3 Å². The van der Waals surface area contributed by atoms with Gasteiger partial charge in [0.25, 0.3) is 0 Å². The Morgan fingerprint density at radius 1 is 0.500 bits per heavy atom. The van der Waals surface area contributed by atoms with E-state index in [0.29, 0.717) is 0 Å². The van der Waals surface area contributed by atoms with Gasteiger partial charge in [-0.1, -0.05) is 170 Å². The van der Waals surface area contributed by atoms with E-state index < -0.39 is 0 Å². The van der Waals surface area contributed by atoms with Crippen LogP contribution in [0.2, 0.25) is 0 Å². The molecule has 0 bridgehead atoms. The van der Waals surface area contributed by atoms with Crippen molar-refractivity contribution in [1.29, 1.82) is 0 Å². The molecule has 4 heteroatoms. The fourth-order valence-electron chi connectivity index (χ4n) is 11.9. The fraction of sp³-hybridized carbons (Fsp3) is 0.172. The molecule has 2 nitrogen and oxygen atoms in total. The van der Waals surface area contributed by atoms with E-state index in [2.05, 4.69) is 216 Å². The summed E-state index contributed by atoms with van der Waals surface area (Å²) in [4.78, 5) is 5.43. The van der Waals surface area contributed by atoms with E-state index in [4.69, 9.17) is 0 Å². The zero-order chi connectivity index (χ0) is 42.0. The Morgan fingerprint density at radius 3 is 2.02 bits per heavy atom. The number of benzene rings is 8. The van der Waals surface area contributed by atoms with E-state index in [9.17, 15) is 0 Å². The molecule has 0 N–H and O–H groups in total. The molecule has 8 aromatic carbocycles. The van der Waals surface area contributed by atoms with Gasteiger partial charge < -0.3 is 9.71 Å². The molecule has 0 radical (unpaired) electrons. The molecule has 1 aliphatic carbocycles. The maximum atomic E-state index is 2.76. The standard InChI is InChI=1S/C58H47BN2S/c1-56(2,3)35-28-29-46(39(30-35)34-18-9-8-10-19-34)60-48-32-44-40(36-20-11-13-23-41(36)57(44,4)5)31-45(48)59-54-49(60)33-51-52(37-21-12-16-27-50(37)62-51)53(54)38-22-17-25-43-55(38)61(59)47-26-15-14-24-42(47)58(43,6)7/h8-33H,1-7H3. The Morgan fingerprint density at radius 2 is 1.19 bits per heavy atom. The van der Waals surface area contributed by atoms with Crippen LogP contribution in [0.4, 0.5) is 28.4 Å². The number of rotatable bonds is 2.